The van der Waals surface area contributed by atoms with E-state index in [0.29, 0.717) is 19.7 Å². The molecule has 0 aliphatic carbocycles. The van der Waals surface area contributed by atoms with Crippen molar-refractivity contribution in [3.05, 3.63) is 66.0 Å². The number of carbonyl (C=O) groups is 2. The lowest BCUT2D eigenvalue weighted by Crippen LogP contribution is -2.49. The molecule has 0 bridgehead atoms. The summed E-state index contributed by atoms with van der Waals surface area (Å²) < 4.78 is 4.85. The summed E-state index contributed by atoms with van der Waals surface area (Å²) in [7, 11) is 0. The van der Waals surface area contributed by atoms with Crippen molar-refractivity contribution in [2.24, 2.45) is 0 Å². The Hall–Kier alpha value is -3.19. The maximum absolute atomic E-state index is 12.5. The maximum atomic E-state index is 12.5. The van der Waals surface area contributed by atoms with Crippen LogP contribution in [0.4, 0.5) is 10.5 Å². The predicted octanol–water partition coefficient (Wildman–Crippen LogP) is 3.01. The van der Waals surface area contributed by atoms with Crippen LogP contribution in [-0.2, 0) is 16.1 Å². The summed E-state index contributed by atoms with van der Waals surface area (Å²) in [6.07, 6.45) is 6.73. The summed E-state index contributed by atoms with van der Waals surface area (Å²) in [6.45, 7) is 6.01. The molecule has 152 valence electrons. The van der Waals surface area contributed by atoms with Gasteiger partial charge in [-0.25, -0.2) is 9.59 Å². The van der Waals surface area contributed by atoms with Crippen LogP contribution >= 0.6 is 0 Å². The van der Waals surface area contributed by atoms with Gasteiger partial charge in [0, 0.05) is 56.9 Å². The lowest BCUT2D eigenvalue weighted by Gasteiger charge is -2.34. The number of pyridine rings is 1. The van der Waals surface area contributed by atoms with Gasteiger partial charge < -0.3 is 15.0 Å². The standard InChI is InChI=1S/C22H26N4O3/c1-2-29-21(27)10-7-18-5-8-20(9-6-18)24-22(28)26-14-12-25(13-15-26)17-19-4-3-11-23-16-19/h3-11,16H,2,12-15,17H2,1H3,(H,24,28). The van der Waals surface area contributed by atoms with Crippen molar-refractivity contribution in [1.29, 1.82) is 0 Å². The van der Waals surface area contributed by atoms with Crippen molar-refractivity contribution in [2.75, 3.05) is 38.1 Å². The molecule has 1 fully saturated rings. The Morgan fingerprint density at radius 3 is 2.55 bits per heavy atom. The van der Waals surface area contributed by atoms with Gasteiger partial charge in [0.25, 0.3) is 0 Å². The van der Waals surface area contributed by atoms with Crippen molar-refractivity contribution in [2.45, 2.75) is 13.5 Å². The first-order chi connectivity index (χ1) is 14.1. The average Bonchev–Trinajstić information content (AvgIpc) is 2.75. The van der Waals surface area contributed by atoms with Crippen LogP contribution < -0.4 is 5.32 Å². The zero-order chi connectivity index (χ0) is 20.5. The zero-order valence-corrected chi connectivity index (χ0v) is 16.6. The molecule has 1 saturated heterocycles. The highest BCUT2D eigenvalue weighted by Crippen LogP contribution is 2.13. The molecule has 2 aromatic rings. The fourth-order valence-corrected chi connectivity index (χ4v) is 3.09. The van der Waals surface area contributed by atoms with Crippen LogP contribution in [0, 0.1) is 0 Å². The molecular weight excluding hydrogens is 368 g/mol. The highest BCUT2D eigenvalue weighted by Gasteiger charge is 2.21. The molecule has 0 unspecified atom stereocenters. The van der Waals surface area contributed by atoms with E-state index in [-0.39, 0.29) is 12.0 Å². The lowest BCUT2D eigenvalue weighted by atomic mass is 10.2. The fourth-order valence-electron chi connectivity index (χ4n) is 3.09. The summed E-state index contributed by atoms with van der Waals surface area (Å²) in [4.78, 5) is 32.2. The molecule has 1 aromatic heterocycles. The van der Waals surface area contributed by atoms with Crippen molar-refractivity contribution >= 4 is 23.8 Å². The number of hydrogen-bond acceptors (Lipinski definition) is 5. The average molecular weight is 394 g/mol. The van der Waals surface area contributed by atoms with Crippen LogP contribution in [0.15, 0.2) is 54.9 Å². The van der Waals surface area contributed by atoms with E-state index >= 15 is 0 Å². The Bertz CT molecular complexity index is 829. The summed E-state index contributed by atoms with van der Waals surface area (Å²) in [5.41, 5.74) is 2.77. The minimum atomic E-state index is -0.368. The number of amides is 2. The molecule has 2 amide bonds. The Morgan fingerprint density at radius 2 is 1.90 bits per heavy atom. The molecule has 3 rings (SSSR count). The first-order valence-electron chi connectivity index (χ1n) is 9.76. The molecule has 7 nitrogen and oxygen atoms in total. The third-order valence-corrected chi connectivity index (χ3v) is 4.65. The Kier molecular flexibility index (Phi) is 7.35. The number of anilines is 1. The van der Waals surface area contributed by atoms with Gasteiger partial charge >= 0.3 is 12.0 Å². The van der Waals surface area contributed by atoms with E-state index in [1.807, 2.05) is 41.4 Å². The molecule has 1 N–H and O–H groups in total. The SMILES string of the molecule is CCOC(=O)C=Cc1ccc(NC(=O)N2CCN(Cc3cccnc3)CC2)cc1. The number of carbonyl (C=O) groups excluding carboxylic acids is 2. The van der Waals surface area contributed by atoms with Gasteiger partial charge in [-0.05, 0) is 42.3 Å². The molecule has 1 aliphatic heterocycles. The number of nitrogens with one attached hydrogen (secondary N) is 1. The molecule has 0 atom stereocenters. The van der Waals surface area contributed by atoms with Crippen LogP contribution in [0.1, 0.15) is 18.1 Å². The van der Waals surface area contributed by atoms with Crippen molar-refractivity contribution in [3.63, 3.8) is 0 Å². The van der Waals surface area contributed by atoms with Crippen LogP contribution in [0.3, 0.4) is 0 Å². The van der Waals surface area contributed by atoms with Crippen LogP contribution in [0.2, 0.25) is 0 Å². The normalized spacial score (nSPS) is 14.7. The van der Waals surface area contributed by atoms with Gasteiger partial charge in [-0.3, -0.25) is 9.88 Å². The molecule has 7 heteroatoms. The smallest absolute Gasteiger partial charge is 0.330 e. The first-order valence-corrected chi connectivity index (χ1v) is 9.76. The number of esters is 1. The monoisotopic (exact) mass is 394 g/mol. The molecule has 0 saturated carbocycles. The van der Waals surface area contributed by atoms with Crippen LogP contribution in [0.25, 0.3) is 6.08 Å². The predicted molar refractivity (Wildman–Crippen MR) is 112 cm³/mol. The fraction of sp³-hybridized carbons (Fsp3) is 0.318. The summed E-state index contributed by atoms with van der Waals surface area (Å²) in [5, 5.41) is 2.93. The van der Waals surface area contributed by atoms with Crippen LogP contribution in [-0.4, -0.2) is 59.6 Å². The third kappa shape index (κ3) is 6.43. The van der Waals surface area contributed by atoms with Crippen molar-refractivity contribution < 1.29 is 14.3 Å². The van der Waals surface area contributed by atoms with E-state index < -0.39 is 0 Å². The topological polar surface area (TPSA) is 74.8 Å². The van der Waals surface area contributed by atoms with Crippen molar-refractivity contribution in [3.8, 4) is 0 Å². The number of benzene rings is 1. The highest BCUT2D eigenvalue weighted by atomic mass is 16.5. The molecular formula is C22H26N4O3. The molecule has 2 heterocycles. The second kappa shape index (κ2) is 10.4. The number of rotatable bonds is 6. The van der Waals surface area contributed by atoms with E-state index in [4.69, 9.17) is 4.74 Å². The second-order valence-corrected chi connectivity index (χ2v) is 6.76. The third-order valence-electron chi connectivity index (χ3n) is 4.65. The van der Waals surface area contributed by atoms with Gasteiger partial charge in [0.2, 0.25) is 0 Å². The highest BCUT2D eigenvalue weighted by molar-refractivity contribution is 5.90. The summed E-state index contributed by atoms with van der Waals surface area (Å²) in [6, 6.07) is 11.2. The molecule has 0 spiro atoms. The van der Waals surface area contributed by atoms with Crippen LogP contribution in [0.5, 0.6) is 0 Å². The zero-order valence-electron chi connectivity index (χ0n) is 16.6. The van der Waals surface area contributed by atoms with E-state index in [1.54, 1.807) is 19.2 Å². The molecule has 1 aliphatic rings. The maximum Gasteiger partial charge on any atom is 0.330 e. The van der Waals surface area contributed by atoms with E-state index in [2.05, 4.69) is 21.3 Å². The number of piperazine rings is 1. The van der Waals surface area contributed by atoms with Gasteiger partial charge in [-0.1, -0.05) is 18.2 Å². The Labute approximate surface area is 171 Å². The minimum absolute atomic E-state index is 0.0964. The Morgan fingerprint density at radius 1 is 1.14 bits per heavy atom. The van der Waals surface area contributed by atoms with E-state index in [0.717, 1.165) is 30.9 Å². The number of ether oxygens (including phenoxy) is 1. The number of urea groups is 1. The van der Waals surface area contributed by atoms with Gasteiger partial charge in [-0.15, -0.1) is 0 Å². The first kappa shape index (κ1) is 20.5. The molecule has 1 aromatic carbocycles. The quantitative estimate of drug-likeness (QED) is 0.602. The summed E-state index contributed by atoms with van der Waals surface area (Å²) >= 11 is 0. The second-order valence-electron chi connectivity index (χ2n) is 6.76. The van der Waals surface area contributed by atoms with Gasteiger partial charge in [-0.2, -0.15) is 0 Å². The Balaban J connectivity index is 1.45. The largest absolute Gasteiger partial charge is 0.463 e. The number of aromatic nitrogens is 1. The lowest BCUT2D eigenvalue weighted by molar-refractivity contribution is -0.137. The molecule has 29 heavy (non-hydrogen) atoms. The molecule has 0 radical (unpaired) electrons. The number of nitrogens with zero attached hydrogens (tertiary/aromatic N) is 3. The van der Waals surface area contributed by atoms with E-state index in [9.17, 15) is 9.59 Å². The number of hydrogen-bond donors (Lipinski definition) is 1. The van der Waals surface area contributed by atoms with Crippen molar-refractivity contribution in [1.82, 2.24) is 14.8 Å². The summed E-state index contributed by atoms with van der Waals surface area (Å²) in [5.74, 6) is -0.368. The van der Waals surface area contributed by atoms with Gasteiger partial charge in [0.15, 0.2) is 0 Å². The van der Waals surface area contributed by atoms with E-state index in [1.165, 1.54) is 11.6 Å². The minimum Gasteiger partial charge on any atom is -0.463 e. The van der Waals surface area contributed by atoms with Gasteiger partial charge in [0.05, 0.1) is 6.61 Å². The van der Waals surface area contributed by atoms with Gasteiger partial charge in [0.1, 0.15) is 0 Å².